The van der Waals surface area contributed by atoms with Crippen molar-refractivity contribution in [2.75, 3.05) is 66.0 Å². The molecule has 0 aromatic rings. The molecule has 2 aliphatic heterocycles. The quantitative estimate of drug-likeness (QED) is 0.0164. The van der Waals surface area contributed by atoms with Crippen LogP contribution in [0.25, 0.3) is 0 Å². The highest BCUT2D eigenvalue weighted by atomic mass is 16.2. The maximum atomic E-state index is 14.5. The lowest BCUT2D eigenvalue weighted by atomic mass is 9.97. The molecule has 0 aliphatic carbocycles. The van der Waals surface area contributed by atoms with E-state index in [9.17, 15) is 71.9 Å². The molecule has 2 rings (SSSR count). The molecule has 2 fully saturated rings. The summed E-state index contributed by atoms with van der Waals surface area (Å²) in [6.07, 6.45) is 44.3. The van der Waals surface area contributed by atoms with Crippen LogP contribution in [0.3, 0.4) is 0 Å². The third-order valence-electron chi connectivity index (χ3n) is 27.1. The van der Waals surface area contributed by atoms with Crippen molar-refractivity contribution in [1.29, 1.82) is 0 Å². The summed E-state index contributed by atoms with van der Waals surface area (Å²) in [6.45, 7) is 21.0. The van der Waals surface area contributed by atoms with Crippen LogP contribution in [0.2, 0.25) is 0 Å². The molecule has 846 valence electrons. The van der Waals surface area contributed by atoms with Crippen LogP contribution in [0.1, 0.15) is 410 Å². The van der Waals surface area contributed by atoms with E-state index in [0.29, 0.717) is 148 Å². The SMILES string of the molecule is CCC(C)[C@H](NC)C(=O)N[C@@H](CCCN=C(N)N)C(=O)N[C@@H](CCCN=C(N)N)C(=O)N[C@H](C(=O)N[C@@H](C)C(=O)N[C@@H](CCCN=C(N)N)C(=O)N1CCCC1C(=O)N1CCCC1C(=O)N[C@@H](CC(C)C)C(N)=O)C(C)C.CCCCCCCCCCCCCCCC(=O)NCCCC[C@H](NC(=O)CCCCCCCCCCCCCCC)C(=O)N[C@@H](CCCCN)C(=O)N[C@@H](CCCCN)C(=O)NCCCCCC(C)=O. The molecule has 41 nitrogen and oxygen atoms in total. The summed E-state index contributed by atoms with van der Waals surface area (Å²) >= 11 is 0. The second-order valence-electron chi connectivity index (χ2n) is 41.1. The predicted molar refractivity (Wildman–Crippen MR) is 583 cm³/mol. The first kappa shape index (κ1) is 135. The van der Waals surface area contributed by atoms with Crippen LogP contribution in [-0.4, -0.2) is 255 Å². The van der Waals surface area contributed by atoms with Gasteiger partial charge in [0.05, 0.1) is 6.04 Å². The van der Waals surface area contributed by atoms with Crippen molar-refractivity contribution >= 4 is 106 Å². The fourth-order valence-electron chi connectivity index (χ4n) is 18.2. The Kier molecular flexibility index (Phi) is 76.9. The van der Waals surface area contributed by atoms with E-state index in [4.69, 9.17) is 51.6 Å². The average molecular weight is 2080 g/mol. The molecule has 41 heteroatoms. The standard InChI is InChI=1S/C57H111N7O6.C49H91N19O9/c1-4-6-8-10-12-14-16-18-20-22-24-26-30-43-53(66)60-47-38-34-42-51(62-54(67)44-31-27-25-23-21-19-17-15-13-11-9-7-5-2)56(69)64-52(41-33-36-46-59)57(70)63-50(40-32-35-45-58)55(68)61-48-37-28-29-39-49(3)65;1-9-28(6)37(57-8)44(75)63-30(15-10-20-58-47(51)52)40(71)62-31(16-11-21-59-48(53)54)41(72)66-36(27(4)5)43(74)61-29(7)39(70)64-32(17-12-22-60-49(55)56)45(76)68-24-14-19-35(68)46(77)67-23-13-18-34(67)42(73)65-33(38(50)69)25-26(2)3/h50-52H,4-48,58-59H2,1-3H3,(H,60,66)(H,61,68)(H,62,67)(H,63,70)(H,64,69);26-37,57H,9-25H2,1-8H3,(H2,50,69)(H,61,74)(H,62,71)(H,63,75)(H,64,70)(H,65,73)(H,66,72)(H4,51,52,58)(H4,53,54,59)(H4,55,56,60)/t50-,51-,52-;28?,29-,30-,31-,32-,33-,34?,35?,36-,37-/m00/s1. The Morgan fingerprint density at radius 1 is 0.340 bits per heavy atom. The molecule has 147 heavy (non-hydrogen) atoms. The molecule has 2 aliphatic rings. The van der Waals surface area contributed by atoms with Gasteiger partial charge in [-0.2, -0.15) is 0 Å². The van der Waals surface area contributed by atoms with E-state index in [1.807, 2.05) is 27.7 Å². The number of guanidine groups is 3. The highest BCUT2D eigenvalue weighted by Crippen LogP contribution is 2.28. The van der Waals surface area contributed by atoms with Gasteiger partial charge >= 0.3 is 0 Å². The Morgan fingerprint density at radius 2 is 0.701 bits per heavy atom. The highest BCUT2D eigenvalue weighted by molar-refractivity contribution is 5.99. The minimum Gasteiger partial charge on any atom is -0.370 e. The zero-order valence-corrected chi connectivity index (χ0v) is 92.1. The number of unbranched alkanes of at least 4 members (excludes halogenated alkanes) is 29. The van der Waals surface area contributed by atoms with Crippen LogP contribution in [0.5, 0.6) is 0 Å². The number of aliphatic imine (C=N–C) groups is 3. The molecular weight excluding hydrogens is 1880 g/mol. The van der Waals surface area contributed by atoms with E-state index < -0.39 is 143 Å². The van der Waals surface area contributed by atoms with Gasteiger partial charge in [-0.3, -0.25) is 82.1 Å². The summed E-state index contributed by atoms with van der Waals surface area (Å²) in [7, 11) is 1.64. The zero-order valence-electron chi connectivity index (χ0n) is 92.1. The number of likely N-dealkylation sites (N-methyl/N-ethyl adjacent to an activating group) is 1. The number of primary amides is 1. The number of amides is 14. The van der Waals surface area contributed by atoms with E-state index >= 15 is 0 Å². The van der Waals surface area contributed by atoms with Gasteiger partial charge in [0.1, 0.15) is 72.2 Å². The van der Waals surface area contributed by atoms with E-state index in [2.05, 4.69) is 92.6 Å². The van der Waals surface area contributed by atoms with Gasteiger partial charge in [-0.1, -0.05) is 222 Å². The number of likely N-dealkylation sites (tertiary alicyclic amines) is 2. The van der Waals surface area contributed by atoms with Gasteiger partial charge in [0, 0.05) is 65.1 Å². The van der Waals surface area contributed by atoms with Crippen molar-refractivity contribution in [3.8, 4) is 0 Å². The van der Waals surface area contributed by atoms with Gasteiger partial charge in [0.2, 0.25) is 82.7 Å². The van der Waals surface area contributed by atoms with Crippen molar-refractivity contribution in [2.45, 2.75) is 482 Å². The van der Waals surface area contributed by atoms with Crippen LogP contribution < -0.4 is 115 Å². The van der Waals surface area contributed by atoms with Crippen LogP contribution in [0, 0.1) is 17.8 Å². The molecule has 14 amide bonds. The zero-order chi connectivity index (χ0) is 110. The highest BCUT2D eigenvalue weighted by Gasteiger charge is 2.45. The Morgan fingerprint density at radius 3 is 1.12 bits per heavy atom. The molecule has 30 N–H and O–H groups in total. The summed E-state index contributed by atoms with van der Waals surface area (Å²) in [5.74, 6) is -7.88. The summed E-state index contributed by atoms with van der Waals surface area (Å²) < 4.78 is 0. The van der Waals surface area contributed by atoms with Crippen molar-refractivity contribution in [2.24, 2.45) is 84.3 Å². The van der Waals surface area contributed by atoms with Gasteiger partial charge in [-0.05, 0) is 206 Å². The number of nitrogens with two attached hydrogens (primary N) is 9. The number of nitrogens with one attached hydrogen (secondary N) is 12. The minimum atomic E-state index is -1.27. The molecule has 2 saturated heterocycles. The molecule has 0 aromatic carbocycles. The van der Waals surface area contributed by atoms with Crippen molar-refractivity contribution in [1.82, 2.24) is 73.6 Å². The van der Waals surface area contributed by atoms with Gasteiger partial charge in [-0.25, -0.2) is 0 Å². The molecule has 13 atom stereocenters. The lowest BCUT2D eigenvalue weighted by molar-refractivity contribution is -0.148. The summed E-state index contributed by atoms with van der Waals surface area (Å²) in [4.78, 5) is 218. The maximum absolute atomic E-state index is 14.5. The van der Waals surface area contributed by atoms with Gasteiger partial charge < -0.3 is 130 Å². The molecule has 0 bridgehead atoms. The third-order valence-corrected chi connectivity index (χ3v) is 27.1. The Bertz CT molecular complexity index is 3850. The van der Waals surface area contributed by atoms with E-state index in [1.165, 1.54) is 152 Å². The summed E-state index contributed by atoms with van der Waals surface area (Å²) in [5, 5.41) is 34.2. The predicted octanol–water partition coefficient (Wildman–Crippen LogP) is 7.09. The van der Waals surface area contributed by atoms with Crippen LogP contribution in [0.4, 0.5) is 0 Å². The monoisotopic (exact) mass is 2080 g/mol. The van der Waals surface area contributed by atoms with Crippen molar-refractivity contribution in [3.05, 3.63) is 0 Å². The second-order valence-corrected chi connectivity index (χ2v) is 41.1. The molecule has 0 aromatic heterocycles. The molecular formula is C106H202N26O15. The van der Waals surface area contributed by atoms with Gasteiger partial charge in [-0.15, -0.1) is 0 Å². The number of Topliss-reactive ketones (excluding diaryl/α,β-unsaturated/α-hetero) is 1. The lowest BCUT2D eigenvalue weighted by Gasteiger charge is -2.33. The van der Waals surface area contributed by atoms with E-state index in [-0.39, 0.29) is 118 Å². The lowest BCUT2D eigenvalue weighted by Crippen LogP contribution is -2.60. The molecule has 2 heterocycles. The fourth-order valence-corrected chi connectivity index (χ4v) is 18.2. The van der Waals surface area contributed by atoms with Crippen LogP contribution in [-0.2, 0) is 71.9 Å². The number of hydrogen-bond acceptors (Lipinski definition) is 21. The van der Waals surface area contributed by atoms with Gasteiger partial charge in [0.25, 0.3) is 0 Å². The number of carbonyl (C=O) groups excluding carboxylic acids is 15. The first-order valence-electron chi connectivity index (χ1n) is 56.2. The van der Waals surface area contributed by atoms with Crippen LogP contribution in [0.15, 0.2) is 15.0 Å². The third kappa shape index (κ3) is 63.5. The minimum absolute atomic E-state index is 0.00606. The number of rotatable bonds is 86. The summed E-state index contributed by atoms with van der Waals surface area (Å²) in [5.41, 5.74) is 50.3. The number of carbonyl (C=O) groups is 15. The number of ketones is 1. The van der Waals surface area contributed by atoms with Gasteiger partial charge in [0.15, 0.2) is 17.9 Å². The van der Waals surface area contributed by atoms with E-state index in [1.54, 1.807) is 27.8 Å². The molecule has 3 unspecified atom stereocenters. The molecule has 0 spiro atoms. The average Bonchev–Trinajstić information content (AvgIpc) is 1.66. The molecule has 0 radical (unpaired) electrons. The topological polar surface area (TPSA) is 678 Å². The van der Waals surface area contributed by atoms with Crippen molar-refractivity contribution < 1.29 is 71.9 Å². The number of nitrogens with zero attached hydrogens (tertiary/aromatic N) is 5. The Labute approximate surface area is 879 Å². The van der Waals surface area contributed by atoms with Crippen molar-refractivity contribution in [3.63, 3.8) is 0 Å². The smallest absolute Gasteiger partial charge is 0.246 e. The second kappa shape index (κ2) is 83.7. The maximum Gasteiger partial charge on any atom is 0.246 e. The largest absolute Gasteiger partial charge is 0.370 e. The number of hydrogen-bond donors (Lipinski definition) is 21. The Balaban J connectivity index is 0.00000148. The Hall–Kier alpha value is -10.1. The van der Waals surface area contributed by atoms with E-state index in [0.717, 1.165) is 51.4 Å². The fraction of sp³-hybridized carbons (Fsp3) is 0.830. The molecule has 0 saturated carbocycles. The first-order chi connectivity index (χ1) is 70.3. The van der Waals surface area contributed by atoms with Crippen LogP contribution >= 0.6 is 0 Å². The normalized spacial score (nSPS) is 15.5. The summed E-state index contributed by atoms with van der Waals surface area (Å²) in [6, 6.07) is -12.1. The first-order valence-corrected chi connectivity index (χ1v) is 56.2.